The molecule has 1 unspecified atom stereocenters. The van der Waals surface area contributed by atoms with Gasteiger partial charge in [0, 0.05) is 6.07 Å². The van der Waals surface area contributed by atoms with E-state index in [2.05, 4.69) is 3.77 Å². The number of nitro groups is 1. The first kappa shape index (κ1) is 18.2. The molecule has 0 saturated heterocycles. The maximum absolute atomic E-state index is 12.5. The molecule has 0 aliphatic rings. The van der Waals surface area contributed by atoms with Crippen LogP contribution in [0.1, 0.15) is 13.3 Å². The monoisotopic (exact) mass is 368 g/mol. The molecule has 0 bridgehead atoms. The summed E-state index contributed by atoms with van der Waals surface area (Å²) in [5.74, 6) is 0. The van der Waals surface area contributed by atoms with Crippen LogP contribution in [0.15, 0.2) is 68.2 Å². The maximum atomic E-state index is 12.5. The number of hydrogen-bond acceptors (Lipinski definition) is 5. The summed E-state index contributed by atoms with van der Waals surface area (Å²) in [5, 5.41) is 11.2. The van der Waals surface area contributed by atoms with E-state index in [4.69, 9.17) is 4.18 Å². The van der Waals surface area contributed by atoms with Gasteiger partial charge in [0.1, 0.15) is 4.90 Å². The third-order valence-corrected chi connectivity index (χ3v) is 6.16. The Balaban J connectivity index is 2.56. The zero-order valence-electron chi connectivity index (χ0n) is 12.9. The van der Waals surface area contributed by atoms with Gasteiger partial charge in [-0.1, -0.05) is 37.3 Å². The lowest BCUT2D eigenvalue weighted by molar-refractivity contribution is -0.387. The topological polar surface area (TPSA) is 98.9 Å². The van der Waals surface area contributed by atoms with Crippen LogP contribution in [-0.2, 0) is 25.2 Å². The van der Waals surface area contributed by atoms with Crippen LogP contribution in [0.2, 0.25) is 0 Å². The van der Waals surface area contributed by atoms with Crippen molar-refractivity contribution in [2.45, 2.75) is 23.1 Å². The summed E-state index contributed by atoms with van der Waals surface area (Å²) in [7, 11) is -5.59. The van der Waals surface area contributed by atoms with Gasteiger partial charge in [0.25, 0.3) is 15.7 Å². The number of rotatable bonds is 7. The predicted molar refractivity (Wildman–Crippen MR) is 91.0 cm³/mol. The van der Waals surface area contributed by atoms with Crippen molar-refractivity contribution < 1.29 is 17.5 Å². The van der Waals surface area contributed by atoms with Gasteiger partial charge >= 0.3 is 0 Å². The Kier molecular flexibility index (Phi) is 6.18. The Hall–Kier alpha value is -2.10. The van der Waals surface area contributed by atoms with Crippen LogP contribution >= 0.6 is 0 Å². The first-order chi connectivity index (χ1) is 11.5. The number of nitrogens with zero attached hydrogens (tertiary/aromatic N) is 2. The first-order valence-electron chi connectivity index (χ1n) is 7.10. The van der Waals surface area contributed by atoms with Crippen LogP contribution in [0.5, 0.6) is 0 Å². The fraction of sp³-hybridized carbons (Fsp3) is 0.200. The zero-order valence-corrected chi connectivity index (χ0v) is 14.5. The van der Waals surface area contributed by atoms with Crippen LogP contribution < -0.4 is 0 Å². The minimum Gasteiger partial charge on any atom is -0.301 e. The number of benzene rings is 2. The summed E-state index contributed by atoms with van der Waals surface area (Å²) in [6.07, 6.45) is 0.630. The summed E-state index contributed by atoms with van der Waals surface area (Å²) in [5.41, 5.74) is -0.219. The second-order valence-corrected chi connectivity index (χ2v) is 7.85. The van der Waals surface area contributed by atoms with Gasteiger partial charge in [-0.15, -0.1) is 3.77 Å². The highest BCUT2D eigenvalue weighted by Gasteiger charge is 2.21. The molecule has 0 aromatic heterocycles. The van der Waals surface area contributed by atoms with E-state index >= 15 is 0 Å². The molecular weight excluding hydrogens is 352 g/mol. The standard InChI is InChI=1S/C15H16N2O5S2/c1-2-12-22-23(15-11-7-6-10-14(15)17(18)19)16-24(20,21)13-8-4-3-5-9-13/h3-11H,2,12H2,1H3. The SMILES string of the molecule is CCCO/S(=N\S(=O)(=O)c1ccccc1)c1ccccc1[N+](=O)[O-]. The minimum absolute atomic E-state index is 0.0150. The van der Waals surface area contributed by atoms with Gasteiger partial charge in [-0.3, -0.25) is 10.1 Å². The van der Waals surface area contributed by atoms with Gasteiger partial charge in [0.2, 0.25) is 0 Å². The van der Waals surface area contributed by atoms with Crippen molar-refractivity contribution in [3.05, 3.63) is 64.7 Å². The molecule has 0 fully saturated rings. The molecule has 0 amide bonds. The number of para-hydroxylation sites is 1. The highest BCUT2D eigenvalue weighted by atomic mass is 32.3. The lowest BCUT2D eigenvalue weighted by atomic mass is 10.3. The van der Waals surface area contributed by atoms with Crippen LogP contribution in [0.3, 0.4) is 0 Å². The smallest absolute Gasteiger partial charge is 0.290 e. The third kappa shape index (κ3) is 4.47. The number of hydrogen-bond donors (Lipinski definition) is 0. The fourth-order valence-corrected chi connectivity index (χ4v) is 4.79. The van der Waals surface area contributed by atoms with Crippen molar-refractivity contribution in [1.29, 1.82) is 0 Å². The Morgan fingerprint density at radius 3 is 2.38 bits per heavy atom. The van der Waals surface area contributed by atoms with E-state index in [-0.39, 0.29) is 22.1 Å². The van der Waals surface area contributed by atoms with E-state index < -0.39 is 25.9 Å². The van der Waals surface area contributed by atoms with Crippen LogP contribution in [-0.4, -0.2) is 19.9 Å². The van der Waals surface area contributed by atoms with E-state index in [1.54, 1.807) is 24.3 Å². The number of sulfonamides is 1. The molecule has 24 heavy (non-hydrogen) atoms. The van der Waals surface area contributed by atoms with Crippen molar-refractivity contribution in [2.24, 2.45) is 3.77 Å². The molecule has 0 radical (unpaired) electrons. The molecule has 2 aromatic carbocycles. The Bertz CT molecular complexity index is 851. The average Bonchev–Trinajstić information content (AvgIpc) is 2.59. The molecule has 2 rings (SSSR count). The summed E-state index contributed by atoms with van der Waals surface area (Å²) in [6.45, 7) is 2.09. The molecule has 0 aliphatic carbocycles. The van der Waals surface area contributed by atoms with Crippen molar-refractivity contribution in [3.63, 3.8) is 0 Å². The van der Waals surface area contributed by atoms with Gasteiger partial charge in [-0.2, -0.15) is 8.42 Å². The second kappa shape index (κ2) is 8.13. The molecule has 0 saturated carbocycles. The van der Waals surface area contributed by atoms with Gasteiger partial charge in [-0.25, -0.2) is 0 Å². The van der Waals surface area contributed by atoms with Crippen molar-refractivity contribution in [1.82, 2.24) is 0 Å². The molecule has 7 nitrogen and oxygen atoms in total. The van der Waals surface area contributed by atoms with E-state index in [0.717, 1.165) is 0 Å². The molecule has 2 aromatic rings. The quantitative estimate of drug-likeness (QED) is 0.550. The lowest BCUT2D eigenvalue weighted by Crippen LogP contribution is -2.06. The lowest BCUT2D eigenvalue weighted by Gasteiger charge is -2.09. The zero-order chi connectivity index (χ0) is 17.6. The van der Waals surface area contributed by atoms with Gasteiger partial charge in [0.15, 0.2) is 0 Å². The summed E-state index contributed by atoms with van der Waals surface area (Å²) in [4.78, 5) is 10.8. The average molecular weight is 368 g/mol. The van der Waals surface area contributed by atoms with Crippen molar-refractivity contribution >= 4 is 26.7 Å². The summed E-state index contributed by atoms with van der Waals surface area (Å²) in [6, 6.07) is 13.5. The molecule has 9 heteroatoms. The van der Waals surface area contributed by atoms with Crippen LogP contribution in [0.4, 0.5) is 5.69 Å². The Labute approximate surface area is 142 Å². The summed E-state index contributed by atoms with van der Waals surface area (Å²) >= 11 is 0. The third-order valence-electron chi connectivity index (χ3n) is 2.86. The molecular formula is C15H16N2O5S2. The Morgan fingerprint density at radius 1 is 1.12 bits per heavy atom. The van der Waals surface area contributed by atoms with Gasteiger partial charge < -0.3 is 4.18 Å². The molecule has 0 N–H and O–H groups in total. The fourth-order valence-electron chi connectivity index (χ4n) is 1.77. The maximum Gasteiger partial charge on any atom is 0.290 e. The van der Waals surface area contributed by atoms with Crippen LogP contribution in [0.25, 0.3) is 0 Å². The predicted octanol–water partition coefficient (Wildman–Crippen LogP) is 3.49. The second-order valence-electron chi connectivity index (χ2n) is 4.66. The van der Waals surface area contributed by atoms with Crippen molar-refractivity contribution in [2.75, 3.05) is 6.61 Å². The molecule has 128 valence electrons. The van der Waals surface area contributed by atoms with E-state index in [9.17, 15) is 18.5 Å². The van der Waals surface area contributed by atoms with E-state index in [1.165, 1.54) is 30.3 Å². The highest BCUT2D eigenvalue weighted by molar-refractivity contribution is 7.98. The first-order valence-corrected chi connectivity index (χ1v) is 9.64. The Morgan fingerprint density at radius 2 is 1.75 bits per heavy atom. The van der Waals surface area contributed by atoms with E-state index in [0.29, 0.717) is 6.42 Å². The highest BCUT2D eigenvalue weighted by Crippen LogP contribution is 2.25. The molecule has 0 aliphatic heterocycles. The minimum atomic E-state index is -3.99. The largest absolute Gasteiger partial charge is 0.301 e. The number of nitro benzene ring substituents is 1. The van der Waals surface area contributed by atoms with Gasteiger partial charge in [0.05, 0.1) is 27.4 Å². The molecule has 1 atom stereocenters. The van der Waals surface area contributed by atoms with E-state index in [1.807, 2.05) is 6.92 Å². The van der Waals surface area contributed by atoms with Crippen LogP contribution in [0, 0.1) is 10.1 Å². The van der Waals surface area contributed by atoms with Crippen molar-refractivity contribution in [3.8, 4) is 0 Å². The molecule has 0 spiro atoms. The summed E-state index contributed by atoms with van der Waals surface area (Å²) < 4.78 is 34.2. The normalized spacial score (nSPS) is 12.9. The van der Waals surface area contributed by atoms with Gasteiger partial charge in [-0.05, 0) is 24.6 Å². The molecule has 0 heterocycles.